The molecule has 0 saturated heterocycles. The Morgan fingerprint density at radius 3 is 2.02 bits per heavy atom. The number of aliphatic carboxylic acids is 2. The van der Waals surface area contributed by atoms with Crippen molar-refractivity contribution in [3.8, 4) is 16.9 Å². The number of carbonyl (C=O) groups excluding carboxylic acids is 2. The van der Waals surface area contributed by atoms with Crippen LogP contribution in [0.2, 0.25) is 0 Å². The molecule has 9 nitrogen and oxygen atoms in total. The van der Waals surface area contributed by atoms with E-state index < -0.39 is 29.2 Å². The second-order valence-corrected chi connectivity index (χ2v) is 10.1. The normalized spacial score (nSPS) is 11.2. The summed E-state index contributed by atoms with van der Waals surface area (Å²) in [6, 6.07) is 17.2. The van der Waals surface area contributed by atoms with Gasteiger partial charge in [0.1, 0.15) is 5.75 Å². The molecule has 0 saturated carbocycles. The molecule has 0 aliphatic carbocycles. The molecule has 3 N–H and O–H groups in total. The predicted octanol–water partition coefficient (Wildman–Crippen LogP) is 5.47. The first-order chi connectivity index (χ1) is 19.4. The Kier molecular flexibility index (Phi) is 9.55. The minimum absolute atomic E-state index is 0.00908. The number of anilines is 1. The minimum atomic E-state index is -2.26. The number of nitrogens with zero attached hydrogens (tertiary/aromatic N) is 1. The van der Waals surface area contributed by atoms with Crippen LogP contribution in [0.5, 0.6) is 5.75 Å². The number of rotatable bonds is 11. The molecule has 0 atom stereocenters. The highest BCUT2D eigenvalue weighted by molar-refractivity contribution is 6.13. The molecule has 0 unspecified atom stereocenters. The van der Waals surface area contributed by atoms with Crippen LogP contribution < -0.4 is 10.1 Å². The Hall–Kier alpha value is -4.66. The Morgan fingerprint density at radius 1 is 0.902 bits per heavy atom. The van der Waals surface area contributed by atoms with Crippen molar-refractivity contribution in [1.82, 2.24) is 4.90 Å². The van der Waals surface area contributed by atoms with E-state index in [0.29, 0.717) is 16.9 Å². The number of carbonyl (C=O) groups is 4. The summed E-state index contributed by atoms with van der Waals surface area (Å²) in [5, 5.41) is 22.9. The molecule has 41 heavy (non-hydrogen) atoms. The molecule has 0 aliphatic rings. The van der Waals surface area contributed by atoms with Crippen LogP contribution in [0.15, 0.2) is 60.7 Å². The highest BCUT2D eigenvalue weighted by Crippen LogP contribution is 2.37. The average molecular weight is 561 g/mol. The number of carboxylic acids is 2. The van der Waals surface area contributed by atoms with Gasteiger partial charge in [0.15, 0.2) is 5.41 Å². The maximum atomic E-state index is 13.7. The molecule has 0 heterocycles. The average Bonchev–Trinajstić information content (AvgIpc) is 2.93. The van der Waals surface area contributed by atoms with Gasteiger partial charge in [-0.15, -0.1) is 0 Å². The molecule has 0 radical (unpaired) electrons. The SMILES string of the molecule is CCc1c(C(CC)(C(=O)O)C(=O)O)ccc(NC(=O)c2ccccc2-c2ccc(OC(C)C)cc2)c1C(=O)N(C)C. The molecular weight excluding hydrogens is 524 g/mol. The number of nitrogens with one attached hydrogen (secondary N) is 1. The summed E-state index contributed by atoms with van der Waals surface area (Å²) in [7, 11) is 3.06. The summed E-state index contributed by atoms with van der Waals surface area (Å²) in [5.41, 5.74) is 0.0217. The van der Waals surface area contributed by atoms with E-state index in [9.17, 15) is 29.4 Å². The van der Waals surface area contributed by atoms with Crippen molar-refractivity contribution in [2.75, 3.05) is 19.4 Å². The molecule has 216 valence electrons. The topological polar surface area (TPSA) is 133 Å². The molecule has 3 aromatic rings. The largest absolute Gasteiger partial charge is 0.491 e. The van der Waals surface area contributed by atoms with Gasteiger partial charge < -0.3 is 25.2 Å². The first-order valence-corrected chi connectivity index (χ1v) is 13.4. The molecule has 3 rings (SSSR count). The first-order valence-electron chi connectivity index (χ1n) is 13.4. The van der Waals surface area contributed by atoms with E-state index in [4.69, 9.17) is 4.74 Å². The van der Waals surface area contributed by atoms with Crippen molar-refractivity contribution in [2.45, 2.75) is 52.1 Å². The van der Waals surface area contributed by atoms with Crippen LogP contribution in [0.25, 0.3) is 11.1 Å². The fraction of sp³-hybridized carbons (Fsp3) is 0.312. The zero-order chi connectivity index (χ0) is 30.5. The van der Waals surface area contributed by atoms with Gasteiger partial charge in [-0.05, 0) is 73.2 Å². The van der Waals surface area contributed by atoms with E-state index in [1.54, 1.807) is 19.1 Å². The van der Waals surface area contributed by atoms with E-state index >= 15 is 0 Å². The first kappa shape index (κ1) is 30.9. The zero-order valence-electron chi connectivity index (χ0n) is 24.1. The van der Waals surface area contributed by atoms with Gasteiger partial charge in [0.05, 0.1) is 17.4 Å². The van der Waals surface area contributed by atoms with Crippen molar-refractivity contribution in [2.24, 2.45) is 0 Å². The van der Waals surface area contributed by atoms with Crippen LogP contribution in [-0.4, -0.2) is 59.1 Å². The Morgan fingerprint density at radius 2 is 1.51 bits per heavy atom. The standard InChI is InChI=1S/C32H36N2O7/c1-7-22-25(32(8-2,30(37)38)31(39)40)17-18-26(27(22)29(36)34(5)6)33-28(35)24-12-10-9-11-23(24)20-13-15-21(16-14-20)41-19(3)4/h9-19H,7-8H2,1-6H3,(H,33,35)(H,37,38)(H,39,40). The van der Waals surface area contributed by atoms with Crippen molar-refractivity contribution in [3.63, 3.8) is 0 Å². The molecule has 0 spiro atoms. The lowest BCUT2D eigenvalue weighted by molar-refractivity contribution is -0.157. The summed E-state index contributed by atoms with van der Waals surface area (Å²) in [5.74, 6) is -3.32. The van der Waals surface area contributed by atoms with Gasteiger partial charge >= 0.3 is 11.9 Å². The van der Waals surface area contributed by atoms with Crippen LogP contribution in [0.4, 0.5) is 5.69 Å². The molecule has 9 heteroatoms. The molecule has 0 bridgehead atoms. The minimum Gasteiger partial charge on any atom is -0.491 e. The van der Waals surface area contributed by atoms with Crippen LogP contribution >= 0.6 is 0 Å². The molecular formula is C32H36N2O7. The molecule has 0 aromatic heterocycles. The molecule has 2 amide bonds. The molecule has 0 fully saturated rings. The summed E-state index contributed by atoms with van der Waals surface area (Å²) in [4.78, 5) is 53.0. The number of hydrogen-bond donors (Lipinski definition) is 3. The third-order valence-electron chi connectivity index (χ3n) is 6.96. The number of ether oxygens (including phenoxy) is 1. The van der Waals surface area contributed by atoms with Crippen LogP contribution in [0, 0.1) is 0 Å². The number of benzene rings is 3. The van der Waals surface area contributed by atoms with Gasteiger partial charge in [-0.25, -0.2) is 0 Å². The monoisotopic (exact) mass is 560 g/mol. The lowest BCUT2D eigenvalue weighted by Crippen LogP contribution is -2.44. The van der Waals surface area contributed by atoms with E-state index in [2.05, 4.69) is 5.32 Å². The quantitative estimate of drug-likeness (QED) is 0.265. The van der Waals surface area contributed by atoms with Gasteiger partial charge in [-0.2, -0.15) is 0 Å². The summed E-state index contributed by atoms with van der Waals surface area (Å²) >= 11 is 0. The molecule has 3 aromatic carbocycles. The zero-order valence-corrected chi connectivity index (χ0v) is 24.1. The Labute approximate surface area is 239 Å². The number of amides is 2. The summed E-state index contributed by atoms with van der Waals surface area (Å²) in [6.45, 7) is 7.06. The van der Waals surface area contributed by atoms with Crippen molar-refractivity contribution in [3.05, 3.63) is 82.9 Å². The smallest absolute Gasteiger partial charge is 0.325 e. The Bertz CT molecular complexity index is 1450. The number of carboxylic acid groups (broad SMARTS) is 2. The van der Waals surface area contributed by atoms with Gasteiger partial charge in [0.25, 0.3) is 11.8 Å². The van der Waals surface area contributed by atoms with Gasteiger partial charge in [-0.1, -0.05) is 50.2 Å². The summed E-state index contributed by atoms with van der Waals surface area (Å²) in [6.07, 6.45) is -0.0521. The second kappa shape index (κ2) is 12.7. The lowest BCUT2D eigenvalue weighted by atomic mass is 9.74. The maximum absolute atomic E-state index is 13.7. The highest BCUT2D eigenvalue weighted by atomic mass is 16.5. The maximum Gasteiger partial charge on any atom is 0.325 e. The fourth-order valence-corrected chi connectivity index (χ4v) is 4.91. The predicted molar refractivity (Wildman–Crippen MR) is 157 cm³/mol. The van der Waals surface area contributed by atoms with E-state index in [0.717, 1.165) is 5.56 Å². The van der Waals surface area contributed by atoms with Crippen molar-refractivity contribution >= 4 is 29.4 Å². The molecule has 0 aliphatic heterocycles. The van der Waals surface area contributed by atoms with E-state index in [1.165, 1.54) is 38.1 Å². The van der Waals surface area contributed by atoms with Crippen LogP contribution in [-0.2, 0) is 21.4 Å². The third-order valence-corrected chi connectivity index (χ3v) is 6.96. The van der Waals surface area contributed by atoms with E-state index in [1.807, 2.05) is 50.2 Å². The van der Waals surface area contributed by atoms with Gasteiger partial charge in [0, 0.05) is 19.7 Å². The number of hydrogen-bond acceptors (Lipinski definition) is 5. The van der Waals surface area contributed by atoms with Gasteiger partial charge in [-0.3, -0.25) is 19.2 Å². The van der Waals surface area contributed by atoms with Crippen molar-refractivity contribution < 1.29 is 34.1 Å². The third kappa shape index (κ3) is 6.09. The van der Waals surface area contributed by atoms with Crippen molar-refractivity contribution in [1.29, 1.82) is 0 Å². The lowest BCUT2D eigenvalue weighted by Gasteiger charge is -2.29. The summed E-state index contributed by atoms with van der Waals surface area (Å²) < 4.78 is 5.72. The fourth-order valence-electron chi connectivity index (χ4n) is 4.91. The second-order valence-electron chi connectivity index (χ2n) is 10.1. The van der Waals surface area contributed by atoms with Crippen LogP contribution in [0.1, 0.15) is 66.0 Å². The van der Waals surface area contributed by atoms with E-state index in [-0.39, 0.29) is 41.3 Å². The van der Waals surface area contributed by atoms with Gasteiger partial charge in [0.2, 0.25) is 0 Å². The Balaban J connectivity index is 2.14. The van der Waals surface area contributed by atoms with Crippen LogP contribution in [0.3, 0.4) is 0 Å². The highest BCUT2D eigenvalue weighted by Gasteiger charge is 2.48.